The normalized spacial score (nSPS) is 24.6. The summed E-state index contributed by atoms with van der Waals surface area (Å²) in [6.07, 6.45) is 4.40. The number of anilines is 3. The first-order valence-corrected chi connectivity index (χ1v) is 20.7. The number of carbonyl (C=O) groups is 2. The first-order valence-electron chi connectivity index (χ1n) is 17.6. The lowest BCUT2D eigenvalue weighted by Crippen LogP contribution is -2.51. The summed E-state index contributed by atoms with van der Waals surface area (Å²) in [6, 6.07) is 23.6. The number of fused-ring (bicyclic) bond motifs is 2. The van der Waals surface area contributed by atoms with Crippen molar-refractivity contribution >= 4 is 42.1 Å². The molecule has 50 heavy (non-hydrogen) atoms. The maximum absolute atomic E-state index is 15.2. The molecule has 0 saturated carbocycles. The fraction of sp³-hybridized carbons (Fsp3) is 0.421. The van der Waals surface area contributed by atoms with Gasteiger partial charge in [-0.1, -0.05) is 60.7 Å². The number of methoxy groups -OCH3 is 1. The zero-order valence-electron chi connectivity index (χ0n) is 29.1. The highest BCUT2D eigenvalue weighted by Gasteiger charge is 2.66. The Morgan fingerprint density at radius 2 is 1.92 bits per heavy atom. The molecule has 2 fully saturated rings. The van der Waals surface area contributed by atoms with Crippen LogP contribution in [0.2, 0.25) is 18.6 Å². The van der Waals surface area contributed by atoms with Gasteiger partial charge in [0, 0.05) is 48.6 Å². The lowest BCUT2D eigenvalue weighted by molar-refractivity contribution is -0.145. The Bertz CT molecular complexity index is 1840. The fourth-order valence-corrected chi connectivity index (χ4v) is 12.6. The van der Waals surface area contributed by atoms with Crippen LogP contribution in [0.15, 0.2) is 79.0 Å². The number of aromatic nitrogens is 3. The summed E-state index contributed by atoms with van der Waals surface area (Å²) < 4.78 is 14.6. The van der Waals surface area contributed by atoms with E-state index in [9.17, 15) is 9.90 Å². The van der Waals surface area contributed by atoms with Gasteiger partial charge in [0.15, 0.2) is 5.60 Å². The lowest BCUT2D eigenvalue weighted by atomic mass is 9.82. The lowest BCUT2D eigenvalue weighted by Gasteiger charge is -2.37. The molecule has 12 heteroatoms. The number of rotatable bonds is 11. The fourth-order valence-electron chi connectivity index (χ4n) is 8.49. The molecular weight excluding hydrogens is 649 g/mol. The van der Waals surface area contributed by atoms with Crippen molar-refractivity contribution in [2.45, 2.75) is 75.5 Å². The summed E-state index contributed by atoms with van der Waals surface area (Å²) >= 11 is 0. The zero-order valence-corrected chi connectivity index (χ0v) is 30.1. The van der Waals surface area contributed by atoms with E-state index in [4.69, 9.17) is 9.47 Å². The molecule has 0 aliphatic carbocycles. The molecule has 3 N–H and O–H groups in total. The Morgan fingerprint density at radius 1 is 1.14 bits per heavy atom. The molecule has 3 aromatic carbocycles. The van der Waals surface area contributed by atoms with Crippen molar-refractivity contribution in [1.82, 2.24) is 20.3 Å². The number of nitrogens with zero attached hydrogens (tertiary/aromatic N) is 4. The minimum Gasteiger partial charge on any atom is -0.497 e. The molecule has 5 atom stereocenters. The van der Waals surface area contributed by atoms with Crippen molar-refractivity contribution in [1.29, 1.82) is 0 Å². The number of carbonyl (C=O) groups excluding carboxylic acids is 2. The molecule has 1 spiro atoms. The van der Waals surface area contributed by atoms with Crippen LogP contribution in [0.3, 0.4) is 0 Å². The third kappa shape index (κ3) is 5.93. The first-order chi connectivity index (χ1) is 24.2. The number of nitrogens with one attached hydrogen (secondary N) is 2. The van der Waals surface area contributed by atoms with Crippen LogP contribution in [0.1, 0.15) is 37.4 Å². The second-order valence-corrected chi connectivity index (χ2v) is 18.9. The topological polar surface area (TPSA) is 131 Å². The van der Waals surface area contributed by atoms with Crippen molar-refractivity contribution < 1.29 is 24.2 Å². The van der Waals surface area contributed by atoms with Crippen molar-refractivity contribution in [3.63, 3.8) is 0 Å². The number of para-hydroxylation sites is 1. The Hall–Kier alpha value is -4.36. The molecule has 0 bridgehead atoms. The van der Waals surface area contributed by atoms with E-state index >= 15 is 4.79 Å². The van der Waals surface area contributed by atoms with Gasteiger partial charge in [-0.2, -0.15) is 0 Å². The first kappa shape index (κ1) is 34.1. The molecule has 262 valence electrons. The molecular formula is C38H46N6O5Si. The quantitative estimate of drug-likeness (QED) is 0.196. The SMILES string of the molecule is COc1ccc([Si](C)(C)[C@@H]2[C@@H](CCn3cc(CCO)nn3)O[C@]3(C(=O)N(c4ccccc4)c4ccc(NC(=O)[C@H]5CCCN5)cc43)[C@H]2C)cc1. The molecule has 1 aromatic heterocycles. The van der Waals surface area contributed by atoms with Crippen LogP contribution in [0.5, 0.6) is 5.75 Å². The molecule has 7 rings (SSSR count). The number of hydrogen-bond donors (Lipinski definition) is 3. The van der Waals surface area contributed by atoms with Crippen LogP contribution >= 0.6 is 0 Å². The minimum atomic E-state index is -2.36. The molecule has 11 nitrogen and oxygen atoms in total. The Kier molecular flexibility index (Phi) is 9.37. The predicted molar refractivity (Wildman–Crippen MR) is 195 cm³/mol. The van der Waals surface area contributed by atoms with E-state index in [1.165, 1.54) is 5.19 Å². The number of ether oxygens (including phenoxy) is 2. The second kappa shape index (κ2) is 13.7. The van der Waals surface area contributed by atoms with Gasteiger partial charge in [-0.05, 0) is 73.8 Å². The zero-order chi connectivity index (χ0) is 35.0. The highest BCUT2D eigenvalue weighted by molar-refractivity contribution is 6.91. The van der Waals surface area contributed by atoms with Gasteiger partial charge >= 0.3 is 0 Å². The maximum atomic E-state index is 15.2. The van der Waals surface area contributed by atoms with Gasteiger partial charge in [0.2, 0.25) is 5.91 Å². The number of hydrogen-bond acceptors (Lipinski definition) is 8. The van der Waals surface area contributed by atoms with Crippen molar-refractivity contribution in [3.8, 4) is 5.75 Å². The third-order valence-corrected chi connectivity index (χ3v) is 15.4. The van der Waals surface area contributed by atoms with Gasteiger partial charge < -0.3 is 25.2 Å². The molecule has 4 heterocycles. The average molecular weight is 695 g/mol. The Balaban J connectivity index is 1.32. The number of aryl methyl sites for hydroxylation is 1. The molecule has 4 aromatic rings. The van der Waals surface area contributed by atoms with Gasteiger partial charge in [0.1, 0.15) is 5.75 Å². The van der Waals surface area contributed by atoms with Crippen LogP contribution in [-0.4, -0.2) is 72.4 Å². The summed E-state index contributed by atoms with van der Waals surface area (Å²) in [4.78, 5) is 30.2. The van der Waals surface area contributed by atoms with Gasteiger partial charge in [-0.15, -0.1) is 5.10 Å². The van der Waals surface area contributed by atoms with Crippen LogP contribution in [-0.2, 0) is 32.9 Å². The van der Waals surface area contributed by atoms with Gasteiger partial charge in [0.25, 0.3) is 5.91 Å². The number of aliphatic hydroxyl groups is 1. The van der Waals surface area contributed by atoms with Gasteiger partial charge in [0.05, 0.1) is 38.7 Å². The molecule has 0 unspecified atom stereocenters. The summed E-state index contributed by atoms with van der Waals surface area (Å²) in [5.74, 6) is 0.399. The Morgan fingerprint density at radius 3 is 2.62 bits per heavy atom. The smallest absolute Gasteiger partial charge is 0.268 e. The van der Waals surface area contributed by atoms with Crippen LogP contribution in [0.25, 0.3) is 0 Å². The number of benzene rings is 3. The number of aliphatic hydroxyl groups excluding tert-OH is 1. The van der Waals surface area contributed by atoms with Crippen LogP contribution < -0.4 is 25.5 Å². The van der Waals surface area contributed by atoms with E-state index in [2.05, 4.69) is 53.1 Å². The van der Waals surface area contributed by atoms with Crippen molar-refractivity contribution in [2.24, 2.45) is 5.92 Å². The van der Waals surface area contributed by atoms with Gasteiger partial charge in [-0.25, -0.2) is 0 Å². The molecule has 3 aliphatic heterocycles. The highest BCUT2D eigenvalue weighted by atomic mass is 28.3. The number of amides is 2. The standard InChI is InChI=1S/C38H46N6O5Si/c1-25-35(50(3,4)30-15-13-29(48-2)14-16-30)34(18-21-43-24-27(19-22-45)41-42-43)49-38(25)31-23-26(40-36(46)32-11-8-20-39-32)12-17-33(31)44(37(38)47)28-9-6-5-7-10-28/h5-7,9-10,12-17,23-25,32,34-35,39,45H,8,11,18-22H2,1-4H3,(H,40,46)/t25-,32+,34+,35-,38+/m0/s1. The average Bonchev–Trinajstić information content (AvgIpc) is 3.92. The monoisotopic (exact) mass is 694 g/mol. The Labute approximate surface area is 294 Å². The van der Waals surface area contributed by atoms with Crippen LogP contribution in [0.4, 0.5) is 17.1 Å². The summed E-state index contributed by atoms with van der Waals surface area (Å²) in [6.45, 7) is 8.27. The molecule has 2 amide bonds. The summed E-state index contributed by atoms with van der Waals surface area (Å²) in [7, 11) is -0.695. The highest BCUT2D eigenvalue weighted by Crippen LogP contribution is 2.61. The summed E-state index contributed by atoms with van der Waals surface area (Å²) in [5, 5.41) is 25.6. The maximum Gasteiger partial charge on any atom is 0.268 e. The van der Waals surface area contributed by atoms with Gasteiger partial charge in [-0.3, -0.25) is 19.2 Å². The largest absolute Gasteiger partial charge is 0.497 e. The molecule has 0 radical (unpaired) electrons. The minimum absolute atomic E-state index is 0.00718. The van der Waals surface area contributed by atoms with E-state index in [1.807, 2.05) is 66.9 Å². The second-order valence-electron chi connectivity index (χ2n) is 14.2. The van der Waals surface area contributed by atoms with Crippen LogP contribution in [0, 0.1) is 5.92 Å². The third-order valence-electron chi connectivity index (χ3n) is 11.0. The van der Waals surface area contributed by atoms with E-state index in [-0.39, 0.29) is 42.0 Å². The van der Waals surface area contributed by atoms with E-state index in [0.29, 0.717) is 25.1 Å². The van der Waals surface area contributed by atoms with Crippen molar-refractivity contribution in [2.75, 3.05) is 30.5 Å². The van der Waals surface area contributed by atoms with E-state index < -0.39 is 13.7 Å². The van der Waals surface area contributed by atoms with Crippen molar-refractivity contribution in [3.05, 3.63) is 90.3 Å². The molecule has 3 aliphatic rings. The molecule has 2 saturated heterocycles. The van der Waals surface area contributed by atoms with E-state index in [0.717, 1.165) is 47.8 Å². The summed E-state index contributed by atoms with van der Waals surface area (Å²) in [5.41, 5.74) is 2.43. The predicted octanol–water partition coefficient (Wildman–Crippen LogP) is 4.50. The van der Waals surface area contributed by atoms with E-state index in [1.54, 1.807) is 16.7 Å².